The van der Waals surface area contributed by atoms with Gasteiger partial charge < -0.3 is 4.74 Å². The summed E-state index contributed by atoms with van der Waals surface area (Å²) in [6.45, 7) is 2.22. The molecule has 0 aromatic heterocycles. The molecule has 100 valence electrons. The van der Waals surface area contributed by atoms with E-state index in [0.29, 0.717) is 6.10 Å². The van der Waals surface area contributed by atoms with E-state index >= 15 is 0 Å². The van der Waals surface area contributed by atoms with Crippen molar-refractivity contribution in [1.29, 1.82) is 0 Å². The third kappa shape index (κ3) is 4.00. The van der Waals surface area contributed by atoms with Crippen LogP contribution in [0.2, 0.25) is 0 Å². The number of unbranched alkanes of at least 4 members (excludes halogenated alkanes) is 2. The third-order valence-electron chi connectivity index (χ3n) is 3.39. The molecule has 0 heterocycles. The van der Waals surface area contributed by atoms with Crippen molar-refractivity contribution in [3.05, 3.63) is 29.8 Å². The van der Waals surface area contributed by atoms with Crippen LogP contribution in [-0.2, 0) is 0 Å². The monoisotopic (exact) mass is 248 g/mol. The normalized spacial score (nSPS) is 16.6. The van der Waals surface area contributed by atoms with Gasteiger partial charge in [-0.3, -0.25) is 11.3 Å². The summed E-state index contributed by atoms with van der Waals surface area (Å²) in [6.07, 6.45) is 7.62. The lowest BCUT2D eigenvalue weighted by molar-refractivity contribution is 0.302. The Bertz CT molecular complexity index is 363. The molecule has 3 nitrogen and oxygen atoms in total. The van der Waals surface area contributed by atoms with Crippen LogP contribution in [0.5, 0.6) is 5.75 Å². The zero-order valence-corrected chi connectivity index (χ0v) is 11.2. The first-order valence-corrected chi connectivity index (χ1v) is 7.06. The van der Waals surface area contributed by atoms with Crippen LogP contribution in [0.3, 0.4) is 0 Å². The zero-order valence-electron chi connectivity index (χ0n) is 11.2. The predicted octanol–water partition coefficient (Wildman–Crippen LogP) is 3.31. The zero-order chi connectivity index (χ0) is 12.8. The number of hydrogen-bond donors (Lipinski definition) is 2. The van der Waals surface area contributed by atoms with Crippen molar-refractivity contribution in [3.8, 4) is 5.75 Å². The molecule has 1 aliphatic carbocycles. The lowest BCUT2D eigenvalue weighted by Crippen LogP contribution is -2.28. The van der Waals surface area contributed by atoms with E-state index in [4.69, 9.17) is 10.6 Å². The van der Waals surface area contributed by atoms with E-state index in [1.54, 1.807) is 0 Å². The molecule has 1 atom stereocenters. The Morgan fingerprint density at radius 1 is 1.39 bits per heavy atom. The maximum absolute atomic E-state index is 5.82. The van der Waals surface area contributed by atoms with Crippen LogP contribution in [0, 0.1) is 0 Å². The minimum atomic E-state index is 0.235. The van der Waals surface area contributed by atoms with Crippen LogP contribution in [-0.4, -0.2) is 6.10 Å². The van der Waals surface area contributed by atoms with Gasteiger partial charge in [-0.05, 0) is 37.0 Å². The van der Waals surface area contributed by atoms with Crippen molar-refractivity contribution in [2.75, 3.05) is 0 Å². The van der Waals surface area contributed by atoms with Gasteiger partial charge >= 0.3 is 0 Å². The highest BCUT2D eigenvalue weighted by Gasteiger charge is 2.23. The Morgan fingerprint density at radius 3 is 2.89 bits per heavy atom. The van der Waals surface area contributed by atoms with Gasteiger partial charge in [0, 0.05) is 6.04 Å². The fraction of sp³-hybridized carbons (Fsp3) is 0.600. The van der Waals surface area contributed by atoms with E-state index in [0.717, 1.165) is 12.2 Å². The number of benzene rings is 1. The van der Waals surface area contributed by atoms with Gasteiger partial charge in [-0.1, -0.05) is 38.3 Å². The van der Waals surface area contributed by atoms with Crippen LogP contribution >= 0.6 is 0 Å². The molecule has 1 aliphatic rings. The van der Waals surface area contributed by atoms with Gasteiger partial charge in [0.25, 0.3) is 0 Å². The van der Waals surface area contributed by atoms with E-state index in [2.05, 4.69) is 30.5 Å². The van der Waals surface area contributed by atoms with Gasteiger partial charge in [-0.15, -0.1) is 0 Å². The molecule has 0 bridgehead atoms. The summed E-state index contributed by atoms with van der Waals surface area (Å²) in [6, 6.07) is 8.56. The van der Waals surface area contributed by atoms with Gasteiger partial charge in [0.2, 0.25) is 0 Å². The van der Waals surface area contributed by atoms with Crippen molar-refractivity contribution < 1.29 is 4.74 Å². The minimum absolute atomic E-state index is 0.235. The third-order valence-corrected chi connectivity index (χ3v) is 3.39. The van der Waals surface area contributed by atoms with E-state index in [1.165, 1.54) is 37.7 Å². The van der Waals surface area contributed by atoms with Crippen molar-refractivity contribution in [3.63, 3.8) is 0 Å². The number of hydrogen-bond acceptors (Lipinski definition) is 3. The molecule has 3 heteroatoms. The van der Waals surface area contributed by atoms with Crippen molar-refractivity contribution >= 4 is 0 Å². The van der Waals surface area contributed by atoms with Gasteiger partial charge in [0.1, 0.15) is 5.75 Å². The summed E-state index contributed by atoms with van der Waals surface area (Å²) in [5.74, 6) is 6.64. The first kappa shape index (κ1) is 13.4. The molecule has 0 radical (unpaired) electrons. The summed E-state index contributed by atoms with van der Waals surface area (Å²) in [7, 11) is 0. The quantitative estimate of drug-likeness (QED) is 0.421. The van der Waals surface area contributed by atoms with Crippen LogP contribution in [0.4, 0.5) is 0 Å². The highest BCUT2D eigenvalue weighted by atomic mass is 16.5. The number of nitrogens with one attached hydrogen (secondary N) is 1. The smallest absolute Gasteiger partial charge is 0.120 e. The average Bonchev–Trinajstić information content (AvgIpc) is 3.19. The van der Waals surface area contributed by atoms with E-state index < -0.39 is 0 Å². The molecule has 0 spiro atoms. The van der Waals surface area contributed by atoms with Gasteiger partial charge in [-0.2, -0.15) is 0 Å². The molecule has 3 N–H and O–H groups in total. The van der Waals surface area contributed by atoms with Crippen LogP contribution in [0.15, 0.2) is 24.3 Å². The summed E-state index contributed by atoms with van der Waals surface area (Å²) >= 11 is 0. The van der Waals surface area contributed by atoms with Gasteiger partial charge in [0.15, 0.2) is 0 Å². The number of rotatable bonds is 8. The van der Waals surface area contributed by atoms with E-state index in [-0.39, 0.29) is 6.04 Å². The van der Waals surface area contributed by atoms with Crippen LogP contribution in [0.25, 0.3) is 0 Å². The topological polar surface area (TPSA) is 47.3 Å². The number of nitrogens with two attached hydrogens (primary N) is 1. The summed E-state index contributed by atoms with van der Waals surface area (Å²) in [5, 5.41) is 0. The Labute approximate surface area is 110 Å². The van der Waals surface area contributed by atoms with Gasteiger partial charge in [-0.25, -0.2) is 0 Å². The van der Waals surface area contributed by atoms with Crippen molar-refractivity contribution in [2.24, 2.45) is 5.84 Å². The predicted molar refractivity (Wildman–Crippen MR) is 74.3 cm³/mol. The highest BCUT2D eigenvalue weighted by molar-refractivity contribution is 5.31. The van der Waals surface area contributed by atoms with Crippen molar-refractivity contribution in [1.82, 2.24) is 5.43 Å². The molecule has 0 amide bonds. The summed E-state index contributed by atoms with van der Waals surface area (Å²) < 4.78 is 5.82. The second-order valence-electron chi connectivity index (χ2n) is 5.10. The van der Waals surface area contributed by atoms with E-state index in [1.807, 2.05) is 6.07 Å². The fourth-order valence-corrected chi connectivity index (χ4v) is 2.13. The lowest BCUT2D eigenvalue weighted by Gasteiger charge is -2.17. The van der Waals surface area contributed by atoms with Crippen LogP contribution < -0.4 is 16.0 Å². The average molecular weight is 248 g/mol. The molecule has 1 aromatic rings. The molecule has 0 aliphatic heterocycles. The molecule has 2 rings (SSSR count). The second kappa shape index (κ2) is 6.76. The Kier molecular flexibility index (Phi) is 5.02. The molecular formula is C15H24N2O. The fourth-order valence-electron chi connectivity index (χ4n) is 2.13. The Morgan fingerprint density at radius 2 is 2.22 bits per heavy atom. The maximum Gasteiger partial charge on any atom is 0.120 e. The maximum atomic E-state index is 5.82. The molecule has 0 saturated heterocycles. The van der Waals surface area contributed by atoms with E-state index in [9.17, 15) is 0 Å². The largest absolute Gasteiger partial charge is 0.490 e. The summed E-state index contributed by atoms with van der Waals surface area (Å²) in [5.41, 5.74) is 4.15. The molecule has 1 saturated carbocycles. The first-order chi connectivity index (χ1) is 8.83. The van der Waals surface area contributed by atoms with Crippen molar-refractivity contribution in [2.45, 2.75) is 57.6 Å². The highest BCUT2D eigenvalue weighted by Crippen LogP contribution is 2.29. The Balaban J connectivity index is 1.95. The standard InChI is InChI=1S/C15H24N2O/c1-2-3-4-8-15(17-16)12-6-5-7-14(11-12)18-13-9-10-13/h5-7,11,13,15,17H,2-4,8-10,16H2,1H3. The Hall–Kier alpha value is -1.06. The summed E-state index contributed by atoms with van der Waals surface area (Å²) in [4.78, 5) is 0. The minimum Gasteiger partial charge on any atom is -0.490 e. The second-order valence-corrected chi connectivity index (χ2v) is 5.10. The number of ether oxygens (including phenoxy) is 1. The number of hydrazine groups is 1. The lowest BCUT2D eigenvalue weighted by atomic mass is 10.0. The van der Waals surface area contributed by atoms with Crippen LogP contribution in [0.1, 0.15) is 57.1 Å². The molecule has 18 heavy (non-hydrogen) atoms. The van der Waals surface area contributed by atoms with Gasteiger partial charge in [0.05, 0.1) is 6.10 Å². The molecule has 1 fully saturated rings. The molecule has 1 unspecified atom stereocenters. The first-order valence-electron chi connectivity index (χ1n) is 7.06. The molecular weight excluding hydrogens is 224 g/mol. The SMILES string of the molecule is CCCCCC(NN)c1cccc(OC2CC2)c1. The molecule has 1 aromatic carbocycles.